The molecule has 2 N–H and O–H groups in total. The SMILES string of the molecule is COc1cccc(/C=C/C(=O)c2ccc(S(=O)(=O)N[C@@H](C)C(=O)O)cc2)c1. The number of hydrogen-bond donors (Lipinski definition) is 2. The monoisotopic (exact) mass is 389 g/mol. The van der Waals surface area contributed by atoms with Crippen LogP contribution in [0.4, 0.5) is 0 Å². The van der Waals surface area contributed by atoms with E-state index in [0.29, 0.717) is 11.3 Å². The van der Waals surface area contributed by atoms with E-state index in [1.165, 1.54) is 37.3 Å². The van der Waals surface area contributed by atoms with Crippen molar-refractivity contribution in [3.05, 3.63) is 65.7 Å². The number of hydrogen-bond acceptors (Lipinski definition) is 5. The summed E-state index contributed by atoms with van der Waals surface area (Å²) in [4.78, 5) is 22.9. The molecule has 0 aliphatic heterocycles. The summed E-state index contributed by atoms with van der Waals surface area (Å²) in [5.41, 5.74) is 1.09. The minimum Gasteiger partial charge on any atom is -0.497 e. The minimum absolute atomic E-state index is 0.121. The molecule has 0 saturated carbocycles. The topological polar surface area (TPSA) is 110 Å². The summed E-state index contributed by atoms with van der Waals surface area (Å²) in [5.74, 6) is -0.913. The Balaban J connectivity index is 2.13. The van der Waals surface area contributed by atoms with E-state index in [1.807, 2.05) is 10.8 Å². The molecule has 8 heteroatoms. The number of rotatable bonds is 8. The predicted molar refractivity (Wildman–Crippen MR) is 100 cm³/mol. The number of benzene rings is 2. The second kappa shape index (κ2) is 8.61. The van der Waals surface area contributed by atoms with Crippen LogP contribution in [0.25, 0.3) is 6.08 Å². The number of methoxy groups -OCH3 is 1. The van der Waals surface area contributed by atoms with E-state index in [2.05, 4.69) is 0 Å². The zero-order valence-electron chi connectivity index (χ0n) is 14.7. The zero-order valence-corrected chi connectivity index (χ0v) is 15.6. The van der Waals surface area contributed by atoms with Crippen LogP contribution in [0.15, 0.2) is 59.5 Å². The summed E-state index contributed by atoms with van der Waals surface area (Å²) in [7, 11) is -2.43. The maximum absolute atomic E-state index is 12.2. The Morgan fingerprint density at radius 2 is 1.81 bits per heavy atom. The molecule has 1 atom stereocenters. The van der Waals surface area contributed by atoms with Gasteiger partial charge in [0.2, 0.25) is 10.0 Å². The third-order valence-electron chi connectivity index (χ3n) is 3.67. The number of aliphatic carboxylic acids is 1. The maximum atomic E-state index is 12.2. The molecule has 0 aliphatic carbocycles. The number of sulfonamides is 1. The van der Waals surface area contributed by atoms with Crippen molar-refractivity contribution in [2.24, 2.45) is 0 Å². The molecule has 142 valence electrons. The first kappa shape index (κ1) is 20.3. The molecule has 0 heterocycles. The van der Waals surface area contributed by atoms with Gasteiger partial charge >= 0.3 is 5.97 Å². The zero-order chi connectivity index (χ0) is 20.0. The number of ether oxygens (including phenoxy) is 1. The lowest BCUT2D eigenvalue weighted by molar-refractivity contribution is -0.138. The van der Waals surface area contributed by atoms with Crippen LogP contribution in [0.5, 0.6) is 5.75 Å². The van der Waals surface area contributed by atoms with Crippen LogP contribution in [0.3, 0.4) is 0 Å². The number of carboxylic acid groups (broad SMARTS) is 1. The molecule has 0 radical (unpaired) electrons. The molecule has 0 fully saturated rings. The quantitative estimate of drug-likeness (QED) is 0.530. The third-order valence-corrected chi connectivity index (χ3v) is 5.23. The van der Waals surface area contributed by atoms with Crippen LogP contribution < -0.4 is 9.46 Å². The molecule has 0 amide bonds. The lowest BCUT2D eigenvalue weighted by Crippen LogP contribution is -2.38. The van der Waals surface area contributed by atoms with Gasteiger partial charge in [0.15, 0.2) is 5.78 Å². The average molecular weight is 389 g/mol. The smallest absolute Gasteiger partial charge is 0.321 e. The van der Waals surface area contributed by atoms with E-state index in [-0.39, 0.29) is 10.7 Å². The molecule has 2 aromatic rings. The van der Waals surface area contributed by atoms with Gasteiger partial charge in [0.1, 0.15) is 11.8 Å². The summed E-state index contributed by atoms with van der Waals surface area (Å²) < 4.78 is 31.4. The molecule has 0 aromatic heterocycles. The predicted octanol–water partition coefficient (Wildman–Crippen LogP) is 2.34. The van der Waals surface area contributed by atoms with E-state index in [0.717, 1.165) is 5.56 Å². The highest BCUT2D eigenvalue weighted by atomic mass is 32.2. The van der Waals surface area contributed by atoms with Crippen molar-refractivity contribution >= 4 is 27.9 Å². The highest BCUT2D eigenvalue weighted by Gasteiger charge is 2.21. The van der Waals surface area contributed by atoms with Gasteiger partial charge in [-0.05, 0) is 55.0 Å². The Bertz CT molecular complexity index is 964. The summed E-state index contributed by atoms with van der Waals surface area (Å²) in [5, 5.41) is 8.81. The van der Waals surface area contributed by atoms with Gasteiger partial charge in [0.25, 0.3) is 0 Å². The summed E-state index contributed by atoms with van der Waals surface area (Å²) in [6, 6.07) is 11.2. The van der Waals surface area contributed by atoms with Crippen molar-refractivity contribution in [1.82, 2.24) is 4.72 Å². The maximum Gasteiger partial charge on any atom is 0.321 e. The molecule has 27 heavy (non-hydrogen) atoms. The van der Waals surface area contributed by atoms with Crippen molar-refractivity contribution in [2.45, 2.75) is 17.9 Å². The van der Waals surface area contributed by atoms with Crippen molar-refractivity contribution in [1.29, 1.82) is 0 Å². The molecule has 2 rings (SSSR count). The Labute approximate surface area is 157 Å². The number of carbonyl (C=O) groups excluding carboxylic acids is 1. The lowest BCUT2D eigenvalue weighted by Gasteiger charge is -2.10. The van der Waals surface area contributed by atoms with Crippen LogP contribution in [-0.4, -0.2) is 38.4 Å². The third kappa shape index (κ3) is 5.50. The number of allylic oxidation sites excluding steroid dienone is 1. The van der Waals surface area contributed by atoms with Crippen LogP contribution in [-0.2, 0) is 14.8 Å². The highest BCUT2D eigenvalue weighted by molar-refractivity contribution is 7.89. The fourth-order valence-electron chi connectivity index (χ4n) is 2.16. The van der Waals surface area contributed by atoms with Gasteiger partial charge in [0.05, 0.1) is 12.0 Å². The van der Waals surface area contributed by atoms with Gasteiger partial charge in [-0.1, -0.05) is 18.2 Å². The summed E-state index contributed by atoms with van der Waals surface area (Å²) in [6.45, 7) is 1.22. The Kier molecular flexibility index (Phi) is 6.49. The van der Waals surface area contributed by atoms with Crippen molar-refractivity contribution in [3.8, 4) is 5.75 Å². The van der Waals surface area contributed by atoms with Gasteiger partial charge in [-0.2, -0.15) is 4.72 Å². The minimum atomic E-state index is -3.98. The lowest BCUT2D eigenvalue weighted by atomic mass is 10.1. The largest absolute Gasteiger partial charge is 0.497 e. The second-order valence-corrected chi connectivity index (χ2v) is 7.39. The van der Waals surface area contributed by atoms with Crippen molar-refractivity contribution in [3.63, 3.8) is 0 Å². The Morgan fingerprint density at radius 1 is 1.15 bits per heavy atom. The van der Waals surface area contributed by atoms with Crippen LogP contribution in [0.1, 0.15) is 22.8 Å². The van der Waals surface area contributed by atoms with E-state index in [4.69, 9.17) is 9.84 Å². The Morgan fingerprint density at radius 3 is 2.41 bits per heavy atom. The van der Waals surface area contributed by atoms with Crippen molar-refractivity contribution < 1.29 is 27.9 Å². The number of carbonyl (C=O) groups is 2. The molecule has 0 bridgehead atoms. The molecule has 0 saturated heterocycles. The van der Waals surface area contributed by atoms with Crippen LogP contribution >= 0.6 is 0 Å². The average Bonchev–Trinajstić information content (AvgIpc) is 2.66. The molecule has 2 aromatic carbocycles. The van der Waals surface area contributed by atoms with Crippen molar-refractivity contribution in [2.75, 3.05) is 7.11 Å². The Hall–Kier alpha value is -2.97. The fraction of sp³-hybridized carbons (Fsp3) is 0.158. The van der Waals surface area contributed by atoms with Crippen LogP contribution in [0.2, 0.25) is 0 Å². The summed E-state index contributed by atoms with van der Waals surface area (Å²) in [6.07, 6.45) is 3.01. The van der Waals surface area contributed by atoms with E-state index >= 15 is 0 Å². The molecular formula is C19H19NO6S. The number of ketones is 1. The molecule has 0 spiro atoms. The van der Waals surface area contributed by atoms with Gasteiger partial charge in [-0.3, -0.25) is 9.59 Å². The van der Waals surface area contributed by atoms with E-state index < -0.39 is 22.0 Å². The number of nitrogens with one attached hydrogen (secondary N) is 1. The van der Waals surface area contributed by atoms with Gasteiger partial charge in [-0.25, -0.2) is 8.42 Å². The van der Waals surface area contributed by atoms with E-state index in [1.54, 1.807) is 31.4 Å². The standard InChI is InChI=1S/C19H19NO6S/c1-13(19(22)23)20-27(24,25)17-9-7-15(8-10-17)18(21)11-6-14-4-3-5-16(12-14)26-2/h3-13,20H,1-2H3,(H,22,23)/b11-6+/t13-/m0/s1. The normalized spacial score (nSPS) is 12.7. The van der Waals surface area contributed by atoms with Gasteiger partial charge < -0.3 is 9.84 Å². The second-order valence-electron chi connectivity index (χ2n) is 5.68. The fourth-order valence-corrected chi connectivity index (χ4v) is 3.36. The molecule has 0 aliphatic rings. The molecule has 0 unspecified atom stereocenters. The first-order chi connectivity index (χ1) is 12.7. The van der Waals surface area contributed by atoms with Gasteiger partial charge in [-0.15, -0.1) is 0 Å². The van der Waals surface area contributed by atoms with Gasteiger partial charge in [0, 0.05) is 5.56 Å². The summed E-state index contributed by atoms with van der Waals surface area (Å²) >= 11 is 0. The molecule has 7 nitrogen and oxygen atoms in total. The van der Waals surface area contributed by atoms with Crippen LogP contribution in [0, 0.1) is 0 Å². The first-order valence-corrected chi connectivity index (χ1v) is 9.43. The highest BCUT2D eigenvalue weighted by Crippen LogP contribution is 2.15. The molecular weight excluding hydrogens is 370 g/mol. The van der Waals surface area contributed by atoms with E-state index in [9.17, 15) is 18.0 Å². The number of carboxylic acids is 1. The first-order valence-electron chi connectivity index (χ1n) is 7.94.